The van der Waals surface area contributed by atoms with E-state index in [0.717, 1.165) is 34.3 Å². The second kappa shape index (κ2) is 9.34. The predicted molar refractivity (Wildman–Crippen MR) is 106 cm³/mol. The average molecular weight is 431 g/mol. The summed E-state index contributed by atoms with van der Waals surface area (Å²) < 4.78 is 51.7. The number of halogens is 3. The Morgan fingerprint density at radius 2 is 1.79 bits per heavy atom. The molecule has 0 unspecified atom stereocenters. The van der Waals surface area contributed by atoms with Crippen molar-refractivity contribution in [1.82, 2.24) is 5.32 Å². The maximum Gasteiger partial charge on any atom is 0.243 e. The fourth-order valence-electron chi connectivity index (χ4n) is 2.73. The monoisotopic (exact) mass is 430 g/mol. The van der Waals surface area contributed by atoms with Crippen LogP contribution in [0.3, 0.4) is 0 Å². The zero-order chi connectivity index (χ0) is 20.9. The third-order valence-electron chi connectivity index (χ3n) is 4.10. The van der Waals surface area contributed by atoms with Crippen LogP contribution in [0.25, 0.3) is 0 Å². The van der Waals surface area contributed by atoms with E-state index >= 15 is 0 Å². The lowest BCUT2D eigenvalue weighted by Crippen LogP contribution is -2.48. The van der Waals surface area contributed by atoms with E-state index in [1.165, 1.54) is 6.92 Å². The van der Waals surface area contributed by atoms with Gasteiger partial charge in [0, 0.05) is 17.6 Å². The molecule has 0 fully saturated rings. The topological polar surface area (TPSA) is 66.5 Å². The van der Waals surface area contributed by atoms with Gasteiger partial charge in [-0.25, -0.2) is 17.2 Å². The van der Waals surface area contributed by atoms with Crippen LogP contribution in [0.5, 0.6) is 0 Å². The predicted octanol–water partition coefficient (Wildman–Crippen LogP) is 3.52. The fraction of sp³-hybridized carbons (Fsp3) is 0.316. The molecule has 28 heavy (non-hydrogen) atoms. The summed E-state index contributed by atoms with van der Waals surface area (Å²) in [5, 5.41) is 3.32. The highest BCUT2D eigenvalue weighted by atomic mass is 35.5. The normalized spacial score (nSPS) is 12.5. The van der Waals surface area contributed by atoms with Gasteiger partial charge in [0.1, 0.15) is 6.04 Å². The van der Waals surface area contributed by atoms with Gasteiger partial charge in [0.05, 0.1) is 11.9 Å². The number of nitrogens with zero attached hydrogens (tertiary/aromatic N) is 1. The number of amides is 1. The summed E-state index contributed by atoms with van der Waals surface area (Å²) in [5.41, 5.74) is 0.941. The number of anilines is 1. The molecular formula is C19H21ClF2N2O3S. The van der Waals surface area contributed by atoms with Gasteiger partial charge in [-0.05, 0) is 49.6 Å². The summed E-state index contributed by atoms with van der Waals surface area (Å²) in [6.45, 7) is 1.72. The largest absolute Gasteiger partial charge is 0.354 e. The molecule has 0 heterocycles. The van der Waals surface area contributed by atoms with Crippen molar-refractivity contribution in [2.45, 2.75) is 25.8 Å². The molecule has 0 spiro atoms. The third-order valence-corrected chi connectivity index (χ3v) is 5.59. The van der Waals surface area contributed by atoms with E-state index in [0.29, 0.717) is 24.4 Å². The Morgan fingerprint density at radius 3 is 2.36 bits per heavy atom. The van der Waals surface area contributed by atoms with Crippen LogP contribution >= 0.6 is 11.6 Å². The molecule has 0 saturated carbocycles. The van der Waals surface area contributed by atoms with E-state index in [-0.39, 0.29) is 5.69 Å². The molecule has 0 saturated heterocycles. The van der Waals surface area contributed by atoms with Crippen molar-refractivity contribution < 1.29 is 22.0 Å². The first kappa shape index (κ1) is 22.1. The van der Waals surface area contributed by atoms with E-state index in [1.807, 2.05) is 12.1 Å². The number of carbonyl (C=O) groups excluding carboxylic acids is 1. The molecule has 0 aliphatic heterocycles. The number of aryl methyl sites for hydroxylation is 1. The molecular weight excluding hydrogens is 410 g/mol. The van der Waals surface area contributed by atoms with E-state index in [1.54, 1.807) is 12.1 Å². The lowest BCUT2D eigenvalue weighted by molar-refractivity contribution is -0.121. The van der Waals surface area contributed by atoms with Crippen molar-refractivity contribution in [3.8, 4) is 0 Å². The maximum atomic E-state index is 13.5. The Kier molecular flexibility index (Phi) is 7.37. The Bertz CT molecular complexity index is 937. The summed E-state index contributed by atoms with van der Waals surface area (Å²) >= 11 is 5.83. The van der Waals surface area contributed by atoms with Gasteiger partial charge in [0.15, 0.2) is 11.6 Å². The van der Waals surface area contributed by atoms with Crippen LogP contribution in [-0.2, 0) is 21.2 Å². The molecule has 2 aromatic rings. The Hall–Kier alpha value is -2.19. The highest BCUT2D eigenvalue weighted by Crippen LogP contribution is 2.23. The second-order valence-electron chi connectivity index (χ2n) is 6.35. The quantitative estimate of drug-likeness (QED) is 0.651. The van der Waals surface area contributed by atoms with Crippen molar-refractivity contribution >= 4 is 33.2 Å². The van der Waals surface area contributed by atoms with Gasteiger partial charge in [-0.3, -0.25) is 9.10 Å². The number of nitrogens with one attached hydrogen (secondary N) is 1. The van der Waals surface area contributed by atoms with Gasteiger partial charge < -0.3 is 5.32 Å². The smallest absolute Gasteiger partial charge is 0.243 e. The minimum absolute atomic E-state index is 0.120. The first-order chi connectivity index (χ1) is 13.1. The van der Waals surface area contributed by atoms with Gasteiger partial charge in [0.2, 0.25) is 15.9 Å². The molecule has 1 N–H and O–H groups in total. The molecule has 0 aromatic heterocycles. The average Bonchev–Trinajstić information content (AvgIpc) is 2.62. The highest BCUT2D eigenvalue weighted by molar-refractivity contribution is 7.92. The molecule has 1 atom stereocenters. The van der Waals surface area contributed by atoms with Crippen molar-refractivity contribution in [3.05, 3.63) is 64.7 Å². The summed E-state index contributed by atoms with van der Waals surface area (Å²) in [4.78, 5) is 12.4. The summed E-state index contributed by atoms with van der Waals surface area (Å²) in [6, 6.07) is 8.90. The van der Waals surface area contributed by atoms with Crippen molar-refractivity contribution in [2.75, 3.05) is 17.1 Å². The number of carbonyl (C=O) groups is 1. The maximum absolute atomic E-state index is 13.5. The van der Waals surface area contributed by atoms with Crippen LogP contribution in [0.4, 0.5) is 14.5 Å². The van der Waals surface area contributed by atoms with Crippen LogP contribution < -0.4 is 9.62 Å². The standard InChI is InChI=1S/C19H21ClF2N2O3S/c1-13(19(25)23-11-3-4-14-5-7-15(20)8-6-14)24(28(2,26)27)16-9-10-17(21)18(22)12-16/h5-10,12-13H,3-4,11H2,1-2H3,(H,23,25)/t13-/m0/s1. The summed E-state index contributed by atoms with van der Waals surface area (Å²) in [5.74, 6) is -2.83. The molecule has 9 heteroatoms. The van der Waals surface area contributed by atoms with Crippen LogP contribution in [0.2, 0.25) is 5.02 Å². The molecule has 2 rings (SSSR count). The van der Waals surface area contributed by atoms with E-state index < -0.39 is 33.6 Å². The van der Waals surface area contributed by atoms with Crippen LogP contribution in [0.1, 0.15) is 18.9 Å². The number of rotatable bonds is 8. The first-order valence-corrected chi connectivity index (χ1v) is 10.8. The minimum atomic E-state index is -3.90. The lowest BCUT2D eigenvalue weighted by Gasteiger charge is -2.28. The Balaban J connectivity index is 2.01. The number of hydrogen-bond donors (Lipinski definition) is 1. The fourth-order valence-corrected chi connectivity index (χ4v) is 4.03. The molecule has 0 aliphatic rings. The second-order valence-corrected chi connectivity index (χ2v) is 8.65. The SMILES string of the molecule is C[C@@H](C(=O)NCCCc1ccc(Cl)cc1)N(c1ccc(F)c(F)c1)S(C)(=O)=O. The molecule has 1 amide bonds. The lowest BCUT2D eigenvalue weighted by atomic mass is 10.1. The van der Waals surface area contributed by atoms with Gasteiger partial charge in [-0.1, -0.05) is 23.7 Å². The van der Waals surface area contributed by atoms with Gasteiger partial charge in [-0.15, -0.1) is 0 Å². The van der Waals surface area contributed by atoms with Crippen molar-refractivity contribution in [3.63, 3.8) is 0 Å². The van der Waals surface area contributed by atoms with Crippen LogP contribution in [0.15, 0.2) is 42.5 Å². The number of benzene rings is 2. The minimum Gasteiger partial charge on any atom is -0.354 e. The number of hydrogen-bond acceptors (Lipinski definition) is 3. The summed E-state index contributed by atoms with van der Waals surface area (Å²) in [6.07, 6.45) is 2.26. The van der Waals surface area contributed by atoms with E-state index in [9.17, 15) is 22.0 Å². The molecule has 2 aromatic carbocycles. The Labute approximate surface area is 168 Å². The Morgan fingerprint density at radius 1 is 1.14 bits per heavy atom. The van der Waals surface area contributed by atoms with Gasteiger partial charge in [0.25, 0.3) is 0 Å². The van der Waals surface area contributed by atoms with E-state index in [2.05, 4.69) is 5.32 Å². The van der Waals surface area contributed by atoms with Gasteiger partial charge >= 0.3 is 0 Å². The molecule has 0 aliphatic carbocycles. The van der Waals surface area contributed by atoms with Gasteiger partial charge in [-0.2, -0.15) is 0 Å². The van der Waals surface area contributed by atoms with E-state index in [4.69, 9.17) is 11.6 Å². The van der Waals surface area contributed by atoms with Crippen molar-refractivity contribution in [2.24, 2.45) is 0 Å². The third kappa shape index (κ3) is 5.90. The van der Waals surface area contributed by atoms with Crippen LogP contribution in [0, 0.1) is 11.6 Å². The first-order valence-electron chi connectivity index (χ1n) is 8.56. The highest BCUT2D eigenvalue weighted by Gasteiger charge is 2.29. The summed E-state index contributed by atoms with van der Waals surface area (Å²) in [7, 11) is -3.90. The molecule has 0 bridgehead atoms. The molecule has 5 nitrogen and oxygen atoms in total. The zero-order valence-corrected chi connectivity index (χ0v) is 17.0. The van der Waals surface area contributed by atoms with Crippen molar-refractivity contribution in [1.29, 1.82) is 0 Å². The van der Waals surface area contributed by atoms with Crippen LogP contribution in [-0.4, -0.2) is 33.2 Å². The number of sulfonamides is 1. The molecule has 152 valence electrons. The molecule has 0 radical (unpaired) electrons. The zero-order valence-electron chi connectivity index (χ0n) is 15.5.